The maximum atomic E-state index is 12.0. The number of ether oxygens (including phenoxy) is 2. The molecule has 0 aliphatic carbocycles. The van der Waals surface area contributed by atoms with Gasteiger partial charge in [0.25, 0.3) is 5.91 Å². The lowest BCUT2D eigenvalue weighted by Crippen LogP contribution is -2.31. The van der Waals surface area contributed by atoms with Gasteiger partial charge < -0.3 is 14.8 Å². The molecule has 26 heavy (non-hydrogen) atoms. The van der Waals surface area contributed by atoms with Crippen LogP contribution >= 0.6 is 23.4 Å². The van der Waals surface area contributed by atoms with Crippen LogP contribution in [-0.2, 0) is 20.0 Å². The summed E-state index contributed by atoms with van der Waals surface area (Å²) in [5.41, 5.74) is 1.49. The Morgan fingerprint density at radius 2 is 1.77 bits per heavy atom. The van der Waals surface area contributed by atoms with E-state index in [1.165, 1.54) is 0 Å². The van der Waals surface area contributed by atoms with Gasteiger partial charge in [-0.1, -0.05) is 23.7 Å². The van der Waals surface area contributed by atoms with Gasteiger partial charge in [0.2, 0.25) is 0 Å². The van der Waals surface area contributed by atoms with E-state index in [-0.39, 0.29) is 12.5 Å². The van der Waals surface area contributed by atoms with Gasteiger partial charge in [0.05, 0.1) is 12.2 Å². The van der Waals surface area contributed by atoms with E-state index in [1.54, 1.807) is 31.0 Å². The Hall–Kier alpha value is -2.02. The molecule has 2 aromatic rings. The molecule has 0 radical (unpaired) electrons. The summed E-state index contributed by atoms with van der Waals surface area (Å²) in [6, 6.07) is 14.8. The van der Waals surface area contributed by atoms with Crippen molar-refractivity contribution in [1.29, 1.82) is 0 Å². The van der Waals surface area contributed by atoms with Crippen molar-refractivity contribution >= 4 is 35.2 Å². The largest absolute Gasteiger partial charge is 0.452 e. The van der Waals surface area contributed by atoms with Crippen molar-refractivity contribution < 1.29 is 19.1 Å². The van der Waals surface area contributed by atoms with Gasteiger partial charge in [-0.3, -0.25) is 4.79 Å². The van der Waals surface area contributed by atoms with Crippen molar-refractivity contribution in [3.8, 4) is 0 Å². The van der Waals surface area contributed by atoms with Crippen LogP contribution in [0.3, 0.4) is 0 Å². The molecule has 138 valence electrons. The lowest BCUT2D eigenvalue weighted by atomic mass is 10.1. The second-order valence-electron chi connectivity index (χ2n) is 5.36. The van der Waals surface area contributed by atoms with Gasteiger partial charge in [-0.25, -0.2) is 4.79 Å². The Labute approximate surface area is 162 Å². The molecule has 0 saturated heterocycles. The Balaban J connectivity index is 1.77. The molecule has 0 fully saturated rings. The molecule has 0 unspecified atom stereocenters. The van der Waals surface area contributed by atoms with E-state index >= 15 is 0 Å². The lowest BCUT2D eigenvalue weighted by molar-refractivity contribution is -0.124. The Morgan fingerprint density at radius 3 is 2.42 bits per heavy atom. The highest BCUT2D eigenvalue weighted by molar-refractivity contribution is 7.98. The number of halogens is 1. The van der Waals surface area contributed by atoms with Crippen LogP contribution in [0.25, 0.3) is 0 Å². The van der Waals surface area contributed by atoms with Crippen LogP contribution in [0.5, 0.6) is 0 Å². The fourth-order valence-electron chi connectivity index (χ4n) is 1.99. The quantitative estimate of drug-likeness (QED) is 0.401. The van der Waals surface area contributed by atoms with Crippen molar-refractivity contribution in [1.82, 2.24) is 5.32 Å². The number of rotatable bonds is 9. The number of esters is 1. The fourth-order valence-corrected chi connectivity index (χ4v) is 2.97. The monoisotopic (exact) mass is 393 g/mol. The van der Waals surface area contributed by atoms with Crippen LogP contribution in [0.4, 0.5) is 0 Å². The van der Waals surface area contributed by atoms with Gasteiger partial charge in [0.1, 0.15) is 0 Å². The molecular weight excluding hydrogens is 374 g/mol. The van der Waals surface area contributed by atoms with Crippen molar-refractivity contribution in [2.24, 2.45) is 0 Å². The second-order valence-corrected chi connectivity index (χ2v) is 6.84. The van der Waals surface area contributed by atoms with Crippen LogP contribution in [0, 0.1) is 0 Å². The van der Waals surface area contributed by atoms with Gasteiger partial charge in [-0.2, -0.15) is 0 Å². The third-order valence-corrected chi connectivity index (χ3v) is 4.71. The molecule has 0 spiro atoms. The minimum Gasteiger partial charge on any atom is -0.452 e. The number of carbonyl (C=O) groups excluding carboxylic acids is 2. The fraction of sp³-hybridized carbons (Fsp3) is 0.263. The van der Waals surface area contributed by atoms with Crippen LogP contribution in [0.15, 0.2) is 53.4 Å². The summed E-state index contributed by atoms with van der Waals surface area (Å²) in [5.74, 6) is -0.103. The van der Waals surface area contributed by atoms with E-state index in [2.05, 4.69) is 5.32 Å². The third-order valence-electron chi connectivity index (χ3n) is 3.37. The maximum Gasteiger partial charge on any atom is 0.338 e. The molecule has 7 heteroatoms. The number of thioether (sulfide) groups is 1. The van der Waals surface area contributed by atoms with Crippen LogP contribution in [0.1, 0.15) is 15.9 Å². The number of benzene rings is 2. The van der Waals surface area contributed by atoms with Gasteiger partial charge in [0.15, 0.2) is 6.61 Å². The normalized spacial score (nSPS) is 10.4. The minimum absolute atomic E-state index is 0.309. The summed E-state index contributed by atoms with van der Waals surface area (Å²) < 4.78 is 9.81. The van der Waals surface area contributed by atoms with Crippen molar-refractivity contribution in [3.05, 3.63) is 64.7 Å². The van der Waals surface area contributed by atoms with Crippen LogP contribution in [0.2, 0.25) is 5.02 Å². The summed E-state index contributed by atoms with van der Waals surface area (Å²) in [4.78, 5) is 24.6. The minimum atomic E-state index is -0.524. The molecule has 0 aromatic heterocycles. The summed E-state index contributed by atoms with van der Waals surface area (Å²) in [7, 11) is 1.55. The third kappa shape index (κ3) is 7.07. The smallest absolute Gasteiger partial charge is 0.338 e. The van der Waals surface area contributed by atoms with E-state index in [0.29, 0.717) is 23.7 Å². The predicted octanol–water partition coefficient (Wildman–Crippen LogP) is 3.55. The Bertz CT molecular complexity index is 719. The SMILES string of the molecule is COCCNC(=O)COC(=O)c1ccc(CSc2ccc(Cl)cc2)cc1. The van der Waals surface area contributed by atoms with Crippen molar-refractivity contribution in [2.75, 3.05) is 26.9 Å². The van der Waals surface area contributed by atoms with E-state index in [4.69, 9.17) is 21.1 Å². The number of nitrogens with one attached hydrogen (secondary N) is 1. The second kappa shape index (κ2) is 10.9. The maximum absolute atomic E-state index is 12.0. The number of hydrogen-bond acceptors (Lipinski definition) is 5. The molecular formula is C19H20ClNO4S. The first-order chi connectivity index (χ1) is 12.6. The molecule has 0 bridgehead atoms. The first kappa shape index (κ1) is 20.3. The van der Waals surface area contributed by atoms with Crippen molar-refractivity contribution in [2.45, 2.75) is 10.6 Å². The number of hydrogen-bond donors (Lipinski definition) is 1. The van der Waals surface area contributed by atoms with Gasteiger partial charge in [0, 0.05) is 29.3 Å². The number of carbonyl (C=O) groups is 2. The first-order valence-corrected chi connectivity index (χ1v) is 9.35. The molecule has 0 saturated carbocycles. The van der Waals surface area contributed by atoms with E-state index < -0.39 is 5.97 Å². The summed E-state index contributed by atoms with van der Waals surface area (Å²) in [5, 5.41) is 3.30. The zero-order valence-corrected chi connectivity index (χ0v) is 15.9. The number of methoxy groups -OCH3 is 1. The van der Waals surface area contributed by atoms with Crippen molar-refractivity contribution in [3.63, 3.8) is 0 Å². The molecule has 5 nitrogen and oxygen atoms in total. The first-order valence-electron chi connectivity index (χ1n) is 7.98. The Kier molecular flexibility index (Phi) is 8.47. The van der Waals surface area contributed by atoms with Gasteiger partial charge >= 0.3 is 5.97 Å². The molecule has 0 heterocycles. The molecule has 0 atom stereocenters. The van der Waals surface area contributed by atoms with E-state index in [0.717, 1.165) is 16.2 Å². The van der Waals surface area contributed by atoms with Gasteiger partial charge in [-0.15, -0.1) is 11.8 Å². The molecule has 1 amide bonds. The average Bonchev–Trinajstić information content (AvgIpc) is 2.66. The van der Waals surface area contributed by atoms with E-state index in [1.807, 2.05) is 36.4 Å². The zero-order valence-electron chi connectivity index (χ0n) is 14.4. The molecule has 2 aromatic carbocycles. The highest BCUT2D eigenvalue weighted by atomic mass is 35.5. The topological polar surface area (TPSA) is 64.6 Å². The van der Waals surface area contributed by atoms with Crippen LogP contribution in [-0.4, -0.2) is 38.7 Å². The molecule has 0 aliphatic rings. The number of amides is 1. The molecule has 2 rings (SSSR count). The Morgan fingerprint density at radius 1 is 1.08 bits per heavy atom. The summed E-state index contributed by atoms with van der Waals surface area (Å²) in [6.45, 7) is 0.485. The molecule has 0 aliphatic heterocycles. The average molecular weight is 394 g/mol. The predicted molar refractivity (Wildman–Crippen MR) is 103 cm³/mol. The summed E-state index contributed by atoms with van der Waals surface area (Å²) in [6.07, 6.45) is 0. The lowest BCUT2D eigenvalue weighted by Gasteiger charge is -2.07. The highest BCUT2D eigenvalue weighted by Crippen LogP contribution is 2.24. The zero-order chi connectivity index (χ0) is 18.8. The van der Waals surface area contributed by atoms with Gasteiger partial charge in [-0.05, 0) is 42.0 Å². The van der Waals surface area contributed by atoms with Crippen LogP contribution < -0.4 is 5.32 Å². The highest BCUT2D eigenvalue weighted by Gasteiger charge is 2.10. The standard InChI is InChI=1S/C19H20ClNO4S/c1-24-11-10-21-18(22)12-25-19(23)15-4-2-14(3-5-15)13-26-17-8-6-16(20)7-9-17/h2-9H,10-13H2,1H3,(H,21,22). The molecule has 1 N–H and O–H groups in total. The summed E-state index contributed by atoms with van der Waals surface area (Å²) >= 11 is 7.55. The van der Waals surface area contributed by atoms with E-state index in [9.17, 15) is 9.59 Å².